The van der Waals surface area contributed by atoms with Gasteiger partial charge in [0.15, 0.2) is 6.10 Å². The number of esters is 3. The third-order valence-corrected chi connectivity index (χ3v) is 14.7. The van der Waals surface area contributed by atoms with Gasteiger partial charge in [0.25, 0.3) is 0 Å². The maximum atomic E-state index is 12.9. The van der Waals surface area contributed by atoms with Crippen molar-refractivity contribution in [2.75, 3.05) is 13.2 Å². The maximum absolute atomic E-state index is 12.9. The summed E-state index contributed by atoms with van der Waals surface area (Å²) in [6.07, 6.45) is 84.8. The summed E-state index contributed by atoms with van der Waals surface area (Å²) in [5, 5.41) is 0. The molecule has 446 valence electrons. The molecule has 0 aromatic heterocycles. The van der Waals surface area contributed by atoms with E-state index < -0.39 is 6.10 Å². The van der Waals surface area contributed by atoms with E-state index in [1.807, 2.05) is 0 Å². The minimum Gasteiger partial charge on any atom is -0.462 e. The molecule has 77 heavy (non-hydrogen) atoms. The zero-order chi connectivity index (χ0) is 55.7. The highest BCUT2D eigenvalue weighted by Crippen LogP contribution is 2.17. The second-order valence-electron chi connectivity index (χ2n) is 22.3. The van der Waals surface area contributed by atoms with Gasteiger partial charge in [-0.25, -0.2) is 0 Å². The Bertz CT molecular complexity index is 1420. The van der Waals surface area contributed by atoms with Gasteiger partial charge in [0, 0.05) is 19.3 Å². The summed E-state index contributed by atoms with van der Waals surface area (Å²) < 4.78 is 17.0. The topological polar surface area (TPSA) is 78.9 Å². The highest BCUT2D eigenvalue weighted by molar-refractivity contribution is 5.71. The molecule has 0 heterocycles. The van der Waals surface area contributed by atoms with Crippen molar-refractivity contribution in [1.82, 2.24) is 0 Å². The van der Waals surface area contributed by atoms with Crippen LogP contribution in [-0.2, 0) is 28.6 Å². The number of unbranched alkanes of at least 4 members (excludes halogenated alkanes) is 38. The maximum Gasteiger partial charge on any atom is 0.306 e. The summed E-state index contributed by atoms with van der Waals surface area (Å²) in [6.45, 7) is 6.55. The standard InChI is InChI=1S/C71H126O6/c1-4-7-10-13-16-19-22-25-28-30-31-32-33-34-35-36-37-38-39-41-43-46-49-52-55-58-61-64-70(73)76-67-68(66-75-69(72)63-60-57-54-51-48-45-42-27-24-21-18-15-12-9-6-3)77-71(74)65-62-59-56-53-50-47-44-40-29-26-23-20-17-14-11-8-5-2/h7,10,16,19,25-29,31-32,42,68H,4-6,8-9,11-15,17-18,20-24,30,33-41,43-67H2,1-3H3/b10-7-,19-16-,28-25-,29-26-,32-31-,42-27-. The van der Waals surface area contributed by atoms with E-state index in [0.717, 1.165) is 89.9 Å². The lowest BCUT2D eigenvalue weighted by molar-refractivity contribution is -0.167. The predicted molar refractivity (Wildman–Crippen MR) is 335 cm³/mol. The molecule has 0 aliphatic carbocycles. The molecule has 1 unspecified atom stereocenters. The van der Waals surface area contributed by atoms with Crippen molar-refractivity contribution in [3.8, 4) is 0 Å². The predicted octanol–water partition coefficient (Wildman–Crippen LogP) is 22.9. The van der Waals surface area contributed by atoms with Crippen LogP contribution in [0.2, 0.25) is 0 Å². The first kappa shape index (κ1) is 73.8. The molecule has 1 atom stereocenters. The number of ether oxygens (including phenoxy) is 3. The van der Waals surface area contributed by atoms with E-state index in [2.05, 4.69) is 93.7 Å². The van der Waals surface area contributed by atoms with Crippen LogP contribution in [0.4, 0.5) is 0 Å². The van der Waals surface area contributed by atoms with Crippen LogP contribution in [0.25, 0.3) is 0 Å². The van der Waals surface area contributed by atoms with Crippen LogP contribution in [0.15, 0.2) is 72.9 Å². The highest BCUT2D eigenvalue weighted by Gasteiger charge is 2.19. The van der Waals surface area contributed by atoms with Gasteiger partial charge in [0.05, 0.1) is 0 Å². The summed E-state index contributed by atoms with van der Waals surface area (Å²) >= 11 is 0. The third kappa shape index (κ3) is 63.6. The van der Waals surface area contributed by atoms with Crippen molar-refractivity contribution in [3.05, 3.63) is 72.9 Å². The van der Waals surface area contributed by atoms with E-state index in [1.165, 1.54) is 212 Å². The normalized spacial score (nSPS) is 12.5. The number of hydrogen-bond donors (Lipinski definition) is 0. The summed E-state index contributed by atoms with van der Waals surface area (Å²) in [5.41, 5.74) is 0. The van der Waals surface area contributed by atoms with Crippen LogP contribution in [0.5, 0.6) is 0 Å². The molecule has 0 rings (SSSR count). The van der Waals surface area contributed by atoms with Gasteiger partial charge in [-0.05, 0) is 109 Å². The average molecular weight is 1080 g/mol. The largest absolute Gasteiger partial charge is 0.462 e. The summed E-state index contributed by atoms with van der Waals surface area (Å²) in [5.74, 6) is -0.873. The Morgan fingerprint density at radius 1 is 0.273 bits per heavy atom. The number of carbonyl (C=O) groups excluding carboxylic acids is 3. The Hall–Kier alpha value is -3.15. The van der Waals surface area contributed by atoms with Crippen molar-refractivity contribution in [1.29, 1.82) is 0 Å². The zero-order valence-electron chi connectivity index (χ0n) is 51.2. The third-order valence-electron chi connectivity index (χ3n) is 14.7. The Morgan fingerprint density at radius 2 is 0.506 bits per heavy atom. The molecule has 0 N–H and O–H groups in total. The Morgan fingerprint density at radius 3 is 0.805 bits per heavy atom. The number of allylic oxidation sites excluding steroid dienone is 12. The summed E-state index contributed by atoms with van der Waals surface area (Å²) in [4.78, 5) is 38.4. The lowest BCUT2D eigenvalue weighted by atomic mass is 10.0. The molecule has 0 aliphatic heterocycles. The molecule has 0 aliphatic rings. The fourth-order valence-corrected chi connectivity index (χ4v) is 9.66. The number of carbonyl (C=O) groups is 3. The van der Waals surface area contributed by atoms with Crippen LogP contribution in [0, 0.1) is 0 Å². The Kier molecular flexibility index (Phi) is 62.7. The van der Waals surface area contributed by atoms with E-state index in [4.69, 9.17) is 14.2 Å². The van der Waals surface area contributed by atoms with Crippen LogP contribution >= 0.6 is 0 Å². The molecular formula is C71H126O6. The van der Waals surface area contributed by atoms with Gasteiger partial charge in [-0.3, -0.25) is 14.4 Å². The minimum absolute atomic E-state index is 0.0772. The van der Waals surface area contributed by atoms with E-state index in [1.54, 1.807) is 0 Å². The second kappa shape index (κ2) is 65.4. The van der Waals surface area contributed by atoms with Gasteiger partial charge in [-0.1, -0.05) is 286 Å². The average Bonchev–Trinajstić information content (AvgIpc) is 3.43. The Labute approximate surface area is 478 Å². The van der Waals surface area contributed by atoms with Crippen molar-refractivity contribution < 1.29 is 28.6 Å². The van der Waals surface area contributed by atoms with Crippen molar-refractivity contribution in [2.24, 2.45) is 0 Å². The first-order valence-corrected chi connectivity index (χ1v) is 33.4. The van der Waals surface area contributed by atoms with Gasteiger partial charge < -0.3 is 14.2 Å². The molecule has 0 saturated carbocycles. The number of hydrogen-bond acceptors (Lipinski definition) is 6. The van der Waals surface area contributed by atoms with Gasteiger partial charge >= 0.3 is 17.9 Å². The fraction of sp³-hybridized carbons (Fsp3) is 0.789. The molecule has 0 aromatic rings. The molecule has 0 saturated heterocycles. The minimum atomic E-state index is -0.781. The molecule has 0 bridgehead atoms. The number of rotatable bonds is 61. The zero-order valence-corrected chi connectivity index (χ0v) is 51.2. The molecule has 0 spiro atoms. The lowest BCUT2D eigenvalue weighted by Gasteiger charge is -2.18. The molecule has 6 nitrogen and oxygen atoms in total. The molecule has 0 aromatic carbocycles. The summed E-state index contributed by atoms with van der Waals surface area (Å²) in [7, 11) is 0. The van der Waals surface area contributed by atoms with Crippen molar-refractivity contribution >= 4 is 17.9 Å². The van der Waals surface area contributed by atoms with E-state index in [9.17, 15) is 14.4 Å². The Balaban J connectivity index is 4.28. The van der Waals surface area contributed by atoms with Crippen LogP contribution in [0.1, 0.15) is 342 Å². The van der Waals surface area contributed by atoms with Crippen LogP contribution in [-0.4, -0.2) is 37.2 Å². The van der Waals surface area contributed by atoms with Crippen LogP contribution in [0.3, 0.4) is 0 Å². The van der Waals surface area contributed by atoms with E-state index in [-0.39, 0.29) is 31.1 Å². The monoisotopic (exact) mass is 1070 g/mol. The van der Waals surface area contributed by atoms with E-state index >= 15 is 0 Å². The van der Waals surface area contributed by atoms with Crippen molar-refractivity contribution in [2.45, 2.75) is 348 Å². The quantitative estimate of drug-likeness (QED) is 0.0261. The van der Waals surface area contributed by atoms with Gasteiger partial charge in [-0.15, -0.1) is 0 Å². The molecular weight excluding hydrogens is 949 g/mol. The first-order chi connectivity index (χ1) is 38.0. The SMILES string of the molecule is CC/C=C\C/C=C\C/C=C\C/C=C\CCCCCCCCCCCCCCCCC(=O)OCC(COC(=O)CCCCCCC/C=C\CCCCCCCC)OC(=O)CCCCCCCCC/C=C\CCCCCCCC. The fourth-order valence-electron chi connectivity index (χ4n) is 9.66. The van der Waals surface area contributed by atoms with Crippen LogP contribution < -0.4 is 0 Å². The molecule has 0 amide bonds. The van der Waals surface area contributed by atoms with Crippen molar-refractivity contribution in [3.63, 3.8) is 0 Å². The van der Waals surface area contributed by atoms with E-state index in [0.29, 0.717) is 19.3 Å². The summed E-state index contributed by atoms with van der Waals surface area (Å²) in [6, 6.07) is 0. The van der Waals surface area contributed by atoms with Gasteiger partial charge in [0.1, 0.15) is 13.2 Å². The smallest absolute Gasteiger partial charge is 0.306 e. The molecule has 6 heteroatoms. The highest BCUT2D eigenvalue weighted by atomic mass is 16.6. The van der Waals surface area contributed by atoms with Gasteiger partial charge in [-0.2, -0.15) is 0 Å². The lowest BCUT2D eigenvalue weighted by Crippen LogP contribution is -2.30. The second-order valence-corrected chi connectivity index (χ2v) is 22.3. The molecule has 0 radical (unpaired) electrons. The first-order valence-electron chi connectivity index (χ1n) is 33.4. The molecule has 0 fully saturated rings. The van der Waals surface area contributed by atoms with Gasteiger partial charge in [0.2, 0.25) is 0 Å².